The number of carbonyl (C=O) groups excluding carboxylic acids is 3. The minimum Gasteiger partial charge on any atom is -0.466 e. The van der Waals surface area contributed by atoms with Gasteiger partial charge in [0.1, 0.15) is 5.25 Å². The molecule has 136 valence electrons. The van der Waals surface area contributed by atoms with Gasteiger partial charge >= 0.3 is 5.97 Å². The Labute approximate surface area is 150 Å². The molecule has 1 aliphatic heterocycles. The fourth-order valence-electron chi connectivity index (χ4n) is 2.61. The topological polar surface area (TPSA) is 87.2 Å². The molecule has 1 aliphatic rings. The summed E-state index contributed by atoms with van der Waals surface area (Å²) in [6, 6.07) is 7.53. The van der Waals surface area contributed by atoms with Crippen LogP contribution in [0.3, 0.4) is 0 Å². The van der Waals surface area contributed by atoms with Crippen LogP contribution in [-0.4, -0.2) is 53.5 Å². The molecule has 0 saturated heterocycles. The largest absolute Gasteiger partial charge is 0.466 e. The lowest BCUT2D eigenvalue weighted by molar-refractivity contribution is -0.150. The van der Waals surface area contributed by atoms with E-state index in [-0.39, 0.29) is 24.8 Å². The zero-order valence-corrected chi connectivity index (χ0v) is 14.9. The van der Waals surface area contributed by atoms with Gasteiger partial charge in [0.2, 0.25) is 12.3 Å². The molecule has 2 rings (SSSR count). The fraction of sp³-hybridized carbons (Fsp3) is 0.471. The lowest BCUT2D eigenvalue weighted by Gasteiger charge is -2.34. The summed E-state index contributed by atoms with van der Waals surface area (Å²) < 4.78 is 4.90. The monoisotopic (exact) mass is 366 g/mol. The van der Waals surface area contributed by atoms with Crippen molar-refractivity contribution in [2.45, 2.75) is 36.3 Å². The highest BCUT2D eigenvalue weighted by Crippen LogP contribution is 2.39. The average molecular weight is 366 g/mol. The van der Waals surface area contributed by atoms with Gasteiger partial charge in [-0.3, -0.25) is 19.6 Å². The van der Waals surface area contributed by atoms with Crippen LogP contribution < -0.4 is 4.90 Å². The van der Waals surface area contributed by atoms with Crippen molar-refractivity contribution in [2.24, 2.45) is 0 Å². The number of anilines is 1. The number of benzene rings is 1. The molecule has 2 amide bonds. The molecule has 0 aliphatic carbocycles. The summed E-state index contributed by atoms with van der Waals surface area (Å²) in [5, 5.41) is 9.35. The van der Waals surface area contributed by atoms with Crippen LogP contribution in [0.5, 0.6) is 0 Å². The first kappa shape index (κ1) is 19.3. The molecular formula is C17H22N2O5S. The van der Waals surface area contributed by atoms with Crippen LogP contribution in [0, 0.1) is 0 Å². The molecule has 1 N–H and O–H groups in total. The lowest BCUT2D eigenvalue weighted by Crippen LogP contribution is -2.45. The third kappa shape index (κ3) is 5.20. The molecule has 0 bridgehead atoms. The fourth-order valence-corrected chi connectivity index (χ4v) is 3.83. The van der Waals surface area contributed by atoms with Crippen molar-refractivity contribution in [3.63, 3.8) is 0 Å². The van der Waals surface area contributed by atoms with Crippen LogP contribution >= 0.6 is 11.8 Å². The summed E-state index contributed by atoms with van der Waals surface area (Å²) in [5.74, 6) is -0.385. The van der Waals surface area contributed by atoms with Crippen LogP contribution in [-0.2, 0) is 19.1 Å². The van der Waals surface area contributed by atoms with Gasteiger partial charge in [-0.25, -0.2) is 5.06 Å². The van der Waals surface area contributed by atoms with E-state index in [2.05, 4.69) is 0 Å². The van der Waals surface area contributed by atoms with Crippen LogP contribution in [0.4, 0.5) is 5.69 Å². The Hall–Kier alpha value is -2.06. The van der Waals surface area contributed by atoms with Crippen LogP contribution in [0.25, 0.3) is 0 Å². The first-order valence-electron chi connectivity index (χ1n) is 8.20. The smallest absolute Gasteiger partial charge is 0.305 e. The third-order valence-corrected chi connectivity index (χ3v) is 4.99. The number of unbranched alkanes of at least 4 members (excludes halogenated alkanes) is 1. The molecule has 25 heavy (non-hydrogen) atoms. The molecule has 0 spiro atoms. The number of rotatable bonds is 9. The van der Waals surface area contributed by atoms with Crippen molar-refractivity contribution in [3.8, 4) is 0 Å². The van der Waals surface area contributed by atoms with Gasteiger partial charge in [-0.1, -0.05) is 12.1 Å². The summed E-state index contributed by atoms with van der Waals surface area (Å²) in [7, 11) is 0. The standard InChI is InChI=1S/C17H22N2O5S/c1-2-24-16(21)9-5-6-10-19-13-7-3-4-8-14(13)25-15(17(19)22)11-18(23)12-20/h3-4,7-8,12,15,23H,2,5-6,9-11H2,1H3. The van der Waals surface area contributed by atoms with E-state index in [1.54, 1.807) is 11.8 Å². The first-order chi connectivity index (χ1) is 12.1. The van der Waals surface area contributed by atoms with E-state index in [1.807, 2.05) is 24.3 Å². The summed E-state index contributed by atoms with van der Waals surface area (Å²) in [6.07, 6.45) is 1.90. The Morgan fingerprint density at radius 3 is 2.88 bits per heavy atom. The van der Waals surface area contributed by atoms with Crippen LogP contribution in [0.1, 0.15) is 26.2 Å². The number of fused-ring (bicyclic) bond motifs is 1. The predicted molar refractivity (Wildman–Crippen MR) is 93.5 cm³/mol. The van der Waals surface area contributed by atoms with E-state index in [0.29, 0.717) is 37.5 Å². The van der Waals surface area contributed by atoms with Gasteiger partial charge in [-0.05, 0) is 31.9 Å². The van der Waals surface area contributed by atoms with Gasteiger partial charge in [0.25, 0.3) is 0 Å². The highest BCUT2D eigenvalue weighted by atomic mass is 32.2. The number of hydroxylamine groups is 2. The van der Waals surface area contributed by atoms with E-state index < -0.39 is 5.25 Å². The zero-order chi connectivity index (χ0) is 18.2. The molecule has 1 aromatic rings. The summed E-state index contributed by atoms with van der Waals surface area (Å²) >= 11 is 1.34. The maximum Gasteiger partial charge on any atom is 0.305 e. The lowest BCUT2D eigenvalue weighted by atomic mass is 10.2. The van der Waals surface area contributed by atoms with Crippen molar-refractivity contribution in [2.75, 3.05) is 24.6 Å². The van der Waals surface area contributed by atoms with Crippen molar-refractivity contribution < 1.29 is 24.3 Å². The Morgan fingerprint density at radius 1 is 1.40 bits per heavy atom. The Morgan fingerprint density at radius 2 is 2.16 bits per heavy atom. The maximum atomic E-state index is 12.7. The molecule has 0 saturated carbocycles. The van der Waals surface area contributed by atoms with E-state index >= 15 is 0 Å². The Kier molecular flexibility index (Phi) is 7.27. The Bertz CT molecular complexity index is 625. The van der Waals surface area contributed by atoms with E-state index in [0.717, 1.165) is 10.6 Å². The molecule has 1 atom stereocenters. The summed E-state index contributed by atoms with van der Waals surface area (Å²) in [5.41, 5.74) is 0.820. The number of amides is 2. The highest BCUT2D eigenvalue weighted by molar-refractivity contribution is 8.01. The number of hydrogen-bond acceptors (Lipinski definition) is 6. The highest BCUT2D eigenvalue weighted by Gasteiger charge is 2.34. The Balaban J connectivity index is 2.02. The number of nitrogens with zero attached hydrogens (tertiary/aromatic N) is 2. The van der Waals surface area contributed by atoms with E-state index in [9.17, 15) is 19.6 Å². The molecule has 1 heterocycles. The van der Waals surface area contributed by atoms with Crippen molar-refractivity contribution >= 4 is 35.7 Å². The van der Waals surface area contributed by atoms with Crippen molar-refractivity contribution in [3.05, 3.63) is 24.3 Å². The quantitative estimate of drug-likeness (QED) is 0.237. The number of thioether (sulfide) groups is 1. The van der Waals surface area contributed by atoms with Crippen LogP contribution in [0.15, 0.2) is 29.2 Å². The van der Waals surface area contributed by atoms with Crippen molar-refractivity contribution in [1.82, 2.24) is 5.06 Å². The molecule has 8 heteroatoms. The first-order valence-corrected chi connectivity index (χ1v) is 9.08. The number of hydrogen-bond donors (Lipinski definition) is 1. The molecule has 1 aromatic carbocycles. The van der Waals surface area contributed by atoms with Gasteiger partial charge < -0.3 is 9.64 Å². The molecule has 0 aromatic heterocycles. The molecule has 7 nitrogen and oxygen atoms in total. The summed E-state index contributed by atoms with van der Waals surface area (Å²) in [6.45, 7) is 2.53. The molecular weight excluding hydrogens is 344 g/mol. The van der Waals surface area contributed by atoms with E-state index in [1.165, 1.54) is 11.8 Å². The van der Waals surface area contributed by atoms with Gasteiger partial charge in [0.05, 0.1) is 18.8 Å². The number of esters is 1. The number of carbonyl (C=O) groups is 3. The van der Waals surface area contributed by atoms with Crippen LogP contribution in [0.2, 0.25) is 0 Å². The molecule has 0 fully saturated rings. The number of ether oxygens (including phenoxy) is 1. The average Bonchev–Trinajstić information content (AvgIpc) is 2.61. The second kappa shape index (κ2) is 9.43. The minimum atomic E-state index is -0.560. The predicted octanol–water partition coefficient (Wildman–Crippen LogP) is 2.07. The van der Waals surface area contributed by atoms with Gasteiger partial charge in [0.15, 0.2) is 0 Å². The third-order valence-electron chi connectivity index (χ3n) is 3.76. The minimum absolute atomic E-state index is 0.0688. The van der Waals surface area contributed by atoms with Gasteiger partial charge in [-0.2, -0.15) is 0 Å². The molecule has 1 unspecified atom stereocenters. The second-order valence-corrected chi connectivity index (χ2v) is 6.80. The SMILES string of the molecule is CCOC(=O)CCCCN1C(=O)C(CN(O)C=O)Sc2ccccc21. The number of para-hydroxylation sites is 1. The van der Waals surface area contributed by atoms with Gasteiger partial charge in [-0.15, -0.1) is 11.8 Å². The molecule has 0 radical (unpaired) electrons. The van der Waals surface area contributed by atoms with Gasteiger partial charge in [0, 0.05) is 17.9 Å². The normalized spacial score (nSPS) is 16.3. The second-order valence-electron chi connectivity index (χ2n) is 5.55. The van der Waals surface area contributed by atoms with E-state index in [4.69, 9.17) is 4.74 Å². The zero-order valence-electron chi connectivity index (χ0n) is 14.1. The van der Waals surface area contributed by atoms with Crippen molar-refractivity contribution in [1.29, 1.82) is 0 Å². The summed E-state index contributed by atoms with van der Waals surface area (Å²) in [4.78, 5) is 37.4. The maximum absolute atomic E-state index is 12.7.